The quantitative estimate of drug-likeness (QED) is 0.914. The van der Waals surface area contributed by atoms with E-state index in [4.69, 9.17) is 4.74 Å². The molecule has 0 aromatic heterocycles. The van der Waals surface area contributed by atoms with E-state index in [2.05, 4.69) is 17.3 Å². The van der Waals surface area contributed by atoms with Gasteiger partial charge in [-0.05, 0) is 57.1 Å². The molecular weight excluding hydrogens is 252 g/mol. The molecular formula is C16H24N2O2. The number of hydrogen-bond donors (Lipinski definition) is 1. The van der Waals surface area contributed by atoms with Crippen molar-refractivity contribution in [3.05, 3.63) is 34.9 Å². The molecule has 0 radical (unpaired) electrons. The number of piperidine rings is 1. The summed E-state index contributed by atoms with van der Waals surface area (Å²) in [6.07, 6.45) is 2.06. The van der Waals surface area contributed by atoms with Crippen molar-refractivity contribution in [3.63, 3.8) is 0 Å². The van der Waals surface area contributed by atoms with Gasteiger partial charge in [0.05, 0.1) is 6.61 Å². The lowest BCUT2D eigenvalue weighted by atomic mass is 10.0. The zero-order valence-corrected chi connectivity index (χ0v) is 12.6. The van der Waals surface area contributed by atoms with E-state index in [9.17, 15) is 4.79 Å². The molecule has 110 valence electrons. The van der Waals surface area contributed by atoms with E-state index < -0.39 is 0 Å². The van der Waals surface area contributed by atoms with Crippen molar-refractivity contribution in [1.82, 2.24) is 10.2 Å². The van der Waals surface area contributed by atoms with Gasteiger partial charge in [-0.15, -0.1) is 0 Å². The first kappa shape index (κ1) is 15.0. The average molecular weight is 276 g/mol. The molecule has 4 nitrogen and oxygen atoms in total. The average Bonchev–Trinajstić information content (AvgIpc) is 2.42. The number of carbonyl (C=O) groups excluding carboxylic acids is 1. The smallest absolute Gasteiger partial charge is 0.251 e. The van der Waals surface area contributed by atoms with Crippen LogP contribution in [0.15, 0.2) is 18.2 Å². The van der Waals surface area contributed by atoms with E-state index in [1.54, 1.807) is 7.11 Å². The van der Waals surface area contributed by atoms with E-state index in [1.807, 2.05) is 25.1 Å². The van der Waals surface area contributed by atoms with Gasteiger partial charge in [-0.25, -0.2) is 0 Å². The van der Waals surface area contributed by atoms with Crippen LogP contribution in [0.1, 0.15) is 34.3 Å². The van der Waals surface area contributed by atoms with Crippen molar-refractivity contribution in [3.8, 4) is 0 Å². The van der Waals surface area contributed by atoms with E-state index in [-0.39, 0.29) is 5.91 Å². The summed E-state index contributed by atoms with van der Waals surface area (Å²) in [5, 5.41) is 3.15. The predicted molar refractivity (Wildman–Crippen MR) is 79.9 cm³/mol. The van der Waals surface area contributed by atoms with E-state index >= 15 is 0 Å². The Hall–Kier alpha value is -1.39. The molecule has 2 rings (SSSR count). The van der Waals surface area contributed by atoms with Gasteiger partial charge >= 0.3 is 0 Å². The maximum Gasteiger partial charge on any atom is 0.251 e. The molecule has 1 fully saturated rings. The van der Waals surface area contributed by atoms with Crippen LogP contribution in [0, 0.1) is 6.92 Å². The molecule has 1 N–H and O–H groups in total. The van der Waals surface area contributed by atoms with Gasteiger partial charge in [0.2, 0.25) is 0 Å². The second-order valence-corrected chi connectivity index (χ2v) is 5.63. The third-order valence-corrected chi connectivity index (χ3v) is 3.90. The molecule has 0 atom stereocenters. The summed E-state index contributed by atoms with van der Waals surface area (Å²) < 4.78 is 5.11. The Morgan fingerprint density at radius 3 is 2.70 bits per heavy atom. The standard InChI is InChI=1S/C16H24N2O2/c1-12-10-13(11-20-3)4-5-15(12)16(19)17-14-6-8-18(2)9-7-14/h4-5,10,14H,6-9,11H2,1-3H3,(H,17,19). The minimum atomic E-state index is 0.0426. The molecule has 0 saturated carbocycles. The molecule has 1 aromatic carbocycles. The Morgan fingerprint density at radius 2 is 2.10 bits per heavy atom. The molecule has 1 amide bonds. The van der Waals surface area contributed by atoms with Gasteiger partial charge in [-0.1, -0.05) is 12.1 Å². The number of amides is 1. The first-order chi connectivity index (χ1) is 9.60. The number of carbonyl (C=O) groups is 1. The maximum absolute atomic E-state index is 12.3. The summed E-state index contributed by atoms with van der Waals surface area (Å²) in [4.78, 5) is 14.6. The van der Waals surface area contributed by atoms with Crippen LogP contribution in [0.5, 0.6) is 0 Å². The summed E-state index contributed by atoms with van der Waals surface area (Å²) in [5.74, 6) is 0.0426. The highest BCUT2D eigenvalue weighted by Crippen LogP contribution is 2.14. The zero-order valence-electron chi connectivity index (χ0n) is 12.6. The van der Waals surface area contributed by atoms with Crippen molar-refractivity contribution < 1.29 is 9.53 Å². The fourth-order valence-corrected chi connectivity index (χ4v) is 2.65. The molecule has 20 heavy (non-hydrogen) atoms. The molecule has 0 bridgehead atoms. The van der Waals surface area contributed by atoms with Gasteiger partial charge in [0, 0.05) is 18.7 Å². The molecule has 4 heteroatoms. The zero-order chi connectivity index (χ0) is 14.5. The van der Waals surface area contributed by atoms with Crippen LogP contribution in [0.4, 0.5) is 0 Å². The van der Waals surface area contributed by atoms with E-state index in [1.165, 1.54) is 0 Å². The maximum atomic E-state index is 12.3. The largest absolute Gasteiger partial charge is 0.380 e. The second-order valence-electron chi connectivity index (χ2n) is 5.63. The first-order valence-corrected chi connectivity index (χ1v) is 7.18. The Kier molecular flexibility index (Phi) is 5.15. The van der Waals surface area contributed by atoms with Crippen LogP contribution in [-0.2, 0) is 11.3 Å². The Labute approximate surface area is 121 Å². The highest BCUT2D eigenvalue weighted by molar-refractivity contribution is 5.95. The van der Waals surface area contributed by atoms with Gasteiger partial charge in [0.15, 0.2) is 0 Å². The third kappa shape index (κ3) is 3.81. The lowest BCUT2D eigenvalue weighted by Crippen LogP contribution is -2.43. The highest BCUT2D eigenvalue weighted by Gasteiger charge is 2.19. The molecule has 0 spiro atoms. The number of ether oxygens (including phenoxy) is 1. The molecule has 1 aliphatic rings. The van der Waals surface area contributed by atoms with Crippen LogP contribution >= 0.6 is 0 Å². The number of methoxy groups -OCH3 is 1. The van der Waals surface area contributed by atoms with Gasteiger partial charge in [-0.2, -0.15) is 0 Å². The summed E-state index contributed by atoms with van der Waals surface area (Å²) in [6, 6.07) is 6.18. The molecule has 1 aliphatic heterocycles. The van der Waals surface area contributed by atoms with Crippen LogP contribution in [-0.4, -0.2) is 44.1 Å². The SMILES string of the molecule is COCc1ccc(C(=O)NC2CCN(C)CC2)c(C)c1. The topological polar surface area (TPSA) is 41.6 Å². The highest BCUT2D eigenvalue weighted by atomic mass is 16.5. The fourth-order valence-electron chi connectivity index (χ4n) is 2.65. The van der Waals surface area contributed by atoms with Crippen LogP contribution in [0.25, 0.3) is 0 Å². The monoisotopic (exact) mass is 276 g/mol. The number of hydrogen-bond acceptors (Lipinski definition) is 3. The Bertz CT molecular complexity index is 466. The van der Waals surface area contributed by atoms with Crippen molar-refractivity contribution >= 4 is 5.91 Å². The van der Waals surface area contributed by atoms with Crippen LogP contribution < -0.4 is 5.32 Å². The van der Waals surface area contributed by atoms with E-state index in [0.717, 1.165) is 42.6 Å². The fraction of sp³-hybridized carbons (Fsp3) is 0.562. The molecule has 1 aromatic rings. The minimum Gasteiger partial charge on any atom is -0.380 e. The van der Waals surface area contributed by atoms with Gasteiger partial charge < -0.3 is 15.0 Å². The Morgan fingerprint density at radius 1 is 1.40 bits per heavy atom. The lowest BCUT2D eigenvalue weighted by Gasteiger charge is -2.29. The van der Waals surface area contributed by atoms with E-state index in [0.29, 0.717) is 12.6 Å². The second kappa shape index (κ2) is 6.86. The lowest BCUT2D eigenvalue weighted by molar-refractivity contribution is 0.0916. The molecule has 0 aliphatic carbocycles. The summed E-state index contributed by atoms with van der Waals surface area (Å²) in [7, 11) is 3.80. The van der Waals surface area contributed by atoms with Crippen molar-refractivity contribution in [2.75, 3.05) is 27.2 Å². The number of aryl methyl sites for hydroxylation is 1. The minimum absolute atomic E-state index is 0.0426. The number of nitrogens with zero attached hydrogens (tertiary/aromatic N) is 1. The normalized spacial score (nSPS) is 17.1. The summed E-state index contributed by atoms with van der Waals surface area (Å²) in [5.41, 5.74) is 2.87. The van der Waals surface area contributed by atoms with Crippen LogP contribution in [0.3, 0.4) is 0 Å². The number of benzene rings is 1. The predicted octanol–water partition coefficient (Wildman–Crippen LogP) is 1.97. The van der Waals surface area contributed by atoms with Crippen molar-refractivity contribution in [1.29, 1.82) is 0 Å². The van der Waals surface area contributed by atoms with Crippen molar-refractivity contribution in [2.24, 2.45) is 0 Å². The molecule has 1 heterocycles. The molecule has 0 unspecified atom stereocenters. The van der Waals surface area contributed by atoms with Gasteiger partial charge in [0.25, 0.3) is 5.91 Å². The number of likely N-dealkylation sites (tertiary alicyclic amines) is 1. The van der Waals surface area contributed by atoms with Crippen LogP contribution in [0.2, 0.25) is 0 Å². The third-order valence-electron chi connectivity index (χ3n) is 3.90. The number of nitrogens with one attached hydrogen (secondary N) is 1. The Balaban J connectivity index is 1.98. The first-order valence-electron chi connectivity index (χ1n) is 7.18. The summed E-state index contributed by atoms with van der Waals surface area (Å²) in [6.45, 7) is 4.66. The van der Waals surface area contributed by atoms with Gasteiger partial charge in [0.1, 0.15) is 0 Å². The summed E-state index contributed by atoms with van der Waals surface area (Å²) >= 11 is 0. The van der Waals surface area contributed by atoms with Gasteiger partial charge in [-0.3, -0.25) is 4.79 Å². The molecule has 1 saturated heterocycles. The van der Waals surface area contributed by atoms with Crippen molar-refractivity contribution in [2.45, 2.75) is 32.4 Å². The number of rotatable bonds is 4.